The van der Waals surface area contributed by atoms with Crippen molar-refractivity contribution in [2.75, 3.05) is 18.1 Å². The van der Waals surface area contributed by atoms with E-state index in [1.807, 2.05) is 18.7 Å². The van der Waals surface area contributed by atoms with Crippen molar-refractivity contribution in [3.05, 3.63) is 54.1 Å². The van der Waals surface area contributed by atoms with Gasteiger partial charge in [0.05, 0.1) is 17.2 Å². The van der Waals surface area contributed by atoms with Gasteiger partial charge in [0.2, 0.25) is 0 Å². The predicted octanol–water partition coefficient (Wildman–Crippen LogP) is 5.23. The molecule has 13 heteroatoms. The lowest BCUT2D eigenvalue weighted by atomic mass is 9.94. The minimum atomic E-state index is -4.42. The second-order valence-corrected chi connectivity index (χ2v) is 13.7. The van der Waals surface area contributed by atoms with Crippen LogP contribution in [-0.4, -0.2) is 53.3 Å². The van der Waals surface area contributed by atoms with Crippen molar-refractivity contribution >= 4 is 21.7 Å². The Kier molecular flexibility index (Phi) is 7.74. The number of hydrogen-bond donors (Lipinski definition) is 1. The summed E-state index contributed by atoms with van der Waals surface area (Å²) in [4.78, 5) is 20.2. The number of anilines is 1. The molecule has 0 spiro atoms. The zero-order valence-corrected chi connectivity index (χ0v) is 25.0. The highest BCUT2D eigenvalue weighted by Crippen LogP contribution is 2.39. The third-order valence-electron chi connectivity index (χ3n) is 7.58. The van der Waals surface area contributed by atoms with E-state index in [9.17, 15) is 26.4 Å². The number of nitrogens with one attached hydrogen (secondary N) is 1. The van der Waals surface area contributed by atoms with Crippen molar-refractivity contribution in [3.8, 4) is 11.6 Å². The zero-order valence-electron chi connectivity index (χ0n) is 24.2. The summed E-state index contributed by atoms with van der Waals surface area (Å²) in [7, 11) is -2.44. The molecule has 9 nitrogen and oxygen atoms in total. The number of alkyl halides is 3. The molecule has 0 radical (unpaired) electrons. The van der Waals surface area contributed by atoms with Gasteiger partial charge in [-0.25, -0.2) is 18.1 Å². The molecule has 1 fully saturated rings. The van der Waals surface area contributed by atoms with Crippen LogP contribution in [0.5, 0.6) is 5.75 Å². The number of ether oxygens (including phenoxy) is 1. The van der Waals surface area contributed by atoms with E-state index in [-0.39, 0.29) is 21.7 Å². The van der Waals surface area contributed by atoms with Crippen LogP contribution < -0.4 is 14.4 Å². The number of rotatable bonds is 8. The first-order chi connectivity index (χ1) is 18.8. The maximum Gasteiger partial charge on any atom is 0.397 e. The van der Waals surface area contributed by atoms with Gasteiger partial charge in [0.15, 0.2) is 0 Å². The van der Waals surface area contributed by atoms with Crippen LogP contribution in [0.1, 0.15) is 57.1 Å². The van der Waals surface area contributed by atoms with E-state index >= 15 is 0 Å². The Bertz CT molecular complexity index is 1560. The molecular weight excluding hydrogens is 559 g/mol. The monoisotopic (exact) mass is 595 g/mol. The third-order valence-corrected chi connectivity index (χ3v) is 9.05. The highest BCUT2D eigenvalue weighted by molar-refractivity contribution is 7.90. The third kappa shape index (κ3) is 6.09. The van der Waals surface area contributed by atoms with Crippen molar-refractivity contribution < 1.29 is 31.1 Å². The number of sulfonamides is 1. The second kappa shape index (κ2) is 10.4. The molecule has 0 aromatic carbocycles. The Morgan fingerprint density at radius 1 is 1.17 bits per heavy atom. The van der Waals surface area contributed by atoms with Crippen molar-refractivity contribution in [1.29, 1.82) is 0 Å². The molecule has 1 aliphatic heterocycles. The van der Waals surface area contributed by atoms with Gasteiger partial charge in [-0.1, -0.05) is 6.92 Å². The number of aromatic nitrogens is 3. The lowest BCUT2D eigenvalue weighted by Crippen LogP contribution is -2.41. The Morgan fingerprint density at radius 2 is 1.85 bits per heavy atom. The summed E-state index contributed by atoms with van der Waals surface area (Å²) in [6, 6.07) is 6.02. The normalized spacial score (nSPS) is 17.6. The number of halogens is 3. The Balaban J connectivity index is 1.68. The molecule has 4 heterocycles. The fourth-order valence-corrected chi connectivity index (χ4v) is 6.21. The van der Waals surface area contributed by atoms with E-state index < -0.39 is 34.1 Å². The van der Waals surface area contributed by atoms with Crippen LogP contribution in [0.25, 0.3) is 5.82 Å². The van der Waals surface area contributed by atoms with Crippen LogP contribution in [0.4, 0.5) is 19.0 Å². The number of pyridine rings is 1. The predicted molar refractivity (Wildman–Crippen MR) is 149 cm³/mol. The van der Waals surface area contributed by atoms with E-state index in [4.69, 9.17) is 9.72 Å². The Labute approximate surface area is 238 Å². The maximum atomic E-state index is 13.5. The second-order valence-electron chi connectivity index (χ2n) is 12.0. The van der Waals surface area contributed by atoms with Gasteiger partial charge in [0.25, 0.3) is 15.9 Å². The highest BCUT2D eigenvalue weighted by atomic mass is 32.2. The lowest BCUT2D eigenvalue weighted by Gasteiger charge is -2.34. The summed E-state index contributed by atoms with van der Waals surface area (Å²) >= 11 is 0. The fourth-order valence-electron chi connectivity index (χ4n) is 4.98. The molecule has 1 amide bonds. The molecular formula is C28H36F3N5O4S. The number of carbonyl (C=O) groups excluding carboxylic acids is 1. The van der Waals surface area contributed by atoms with Gasteiger partial charge in [-0.3, -0.25) is 4.79 Å². The fraction of sp³-hybridized carbons (Fsp3) is 0.500. The minimum absolute atomic E-state index is 0.00294. The molecule has 1 N–H and O–H groups in total. The molecule has 3 aromatic rings. The van der Waals surface area contributed by atoms with Gasteiger partial charge in [0.1, 0.15) is 28.9 Å². The maximum absolute atomic E-state index is 13.5. The van der Waals surface area contributed by atoms with Gasteiger partial charge in [-0.15, -0.1) is 0 Å². The summed E-state index contributed by atoms with van der Waals surface area (Å²) in [5.74, 6) is 0.406. The topological polar surface area (TPSA) is 98.5 Å². The summed E-state index contributed by atoms with van der Waals surface area (Å²) in [6.07, 6.45) is 1.12. The SMILES string of the molecule is Cc1c(S(=O)(=O)NC(=O)c2ccc(-n3ccc(OCC(C)(C)C(F)(F)F)c3)nc2N2C[C@@H](C)CC2(C)C)ccn1C. The van der Waals surface area contributed by atoms with Crippen LogP contribution in [0.3, 0.4) is 0 Å². The van der Waals surface area contributed by atoms with Crippen LogP contribution in [-0.2, 0) is 17.1 Å². The van der Waals surface area contributed by atoms with E-state index in [0.29, 0.717) is 29.8 Å². The van der Waals surface area contributed by atoms with Gasteiger partial charge in [-0.2, -0.15) is 13.2 Å². The quantitative estimate of drug-likeness (QED) is 0.383. The van der Waals surface area contributed by atoms with Crippen LogP contribution >= 0.6 is 0 Å². The Morgan fingerprint density at radius 3 is 2.41 bits per heavy atom. The number of nitrogens with zero attached hydrogens (tertiary/aromatic N) is 4. The van der Waals surface area contributed by atoms with E-state index in [0.717, 1.165) is 20.3 Å². The van der Waals surface area contributed by atoms with Crippen molar-refractivity contribution in [1.82, 2.24) is 18.8 Å². The van der Waals surface area contributed by atoms with Crippen molar-refractivity contribution in [3.63, 3.8) is 0 Å². The first-order valence-corrected chi connectivity index (χ1v) is 14.7. The molecule has 1 aliphatic rings. The van der Waals surface area contributed by atoms with E-state index in [1.54, 1.807) is 41.6 Å². The summed E-state index contributed by atoms with van der Waals surface area (Å²) < 4.78 is 76.7. The van der Waals surface area contributed by atoms with Gasteiger partial charge >= 0.3 is 6.18 Å². The largest absolute Gasteiger partial charge is 0.491 e. The molecule has 0 saturated carbocycles. The van der Waals surface area contributed by atoms with Crippen LogP contribution in [0.15, 0.2) is 47.8 Å². The van der Waals surface area contributed by atoms with Crippen molar-refractivity contribution in [2.45, 2.75) is 64.6 Å². The average Bonchev–Trinajstić information content (AvgIpc) is 3.53. The summed E-state index contributed by atoms with van der Waals surface area (Å²) in [5.41, 5.74) is -1.84. The first-order valence-electron chi connectivity index (χ1n) is 13.2. The smallest absolute Gasteiger partial charge is 0.397 e. The van der Waals surface area contributed by atoms with Gasteiger partial charge in [-0.05, 0) is 71.2 Å². The number of hydrogen-bond acceptors (Lipinski definition) is 6. The zero-order chi connectivity index (χ0) is 30.5. The van der Waals surface area contributed by atoms with Crippen LogP contribution in [0, 0.1) is 18.3 Å². The number of carbonyl (C=O) groups is 1. The molecule has 0 unspecified atom stereocenters. The summed E-state index contributed by atoms with van der Waals surface area (Å²) in [6.45, 7) is 9.97. The van der Waals surface area contributed by atoms with E-state index in [2.05, 4.69) is 11.6 Å². The minimum Gasteiger partial charge on any atom is -0.491 e. The molecule has 3 aromatic heterocycles. The standard InChI is InChI=1S/C28H36F3N5O4S/c1-18-14-27(5,6)36(15-18)24-21(25(37)33-41(38,39)22-11-12-34(7)19(22)2)8-9-23(32-24)35-13-10-20(16-35)40-17-26(3,4)28(29,30)31/h8-13,16,18H,14-15,17H2,1-7H3,(H,33,37)/t18-/m0/s1. The molecule has 41 heavy (non-hydrogen) atoms. The Hall–Kier alpha value is -3.48. The molecule has 4 rings (SSSR count). The number of amides is 1. The highest BCUT2D eigenvalue weighted by Gasteiger charge is 2.48. The molecule has 1 atom stereocenters. The van der Waals surface area contributed by atoms with Crippen molar-refractivity contribution in [2.24, 2.45) is 18.4 Å². The van der Waals surface area contributed by atoms with E-state index in [1.165, 1.54) is 24.4 Å². The molecule has 224 valence electrons. The average molecular weight is 596 g/mol. The first kappa shape index (κ1) is 30.5. The molecule has 0 aliphatic carbocycles. The van der Waals surface area contributed by atoms with Gasteiger partial charge in [0, 0.05) is 37.2 Å². The molecule has 1 saturated heterocycles. The lowest BCUT2D eigenvalue weighted by molar-refractivity contribution is -0.219. The van der Waals surface area contributed by atoms with Crippen LogP contribution in [0.2, 0.25) is 0 Å². The summed E-state index contributed by atoms with van der Waals surface area (Å²) in [5, 5.41) is 0. The molecule has 0 bridgehead atoms. The van der Waals surface area contributed by atoms with Gasteiger partial charge < -0.3 is 18.8 Å². The number of aryl methyl sites for hydroxylation is 1.